The highest BCUT2D eigenvalue weighted by Gasteiger charge is 2.18. The van der Waals surface area contributed by atoms with E-state index in [1.165, 1.54) is 109 Å². The molecule has 0 atom stereocenters. The van der Waals surface area contributed by atoms with Crippen molar-refractivity contribution < 1.29 is 13.2 Å². The first-order valence-corrected chi connectivity index (χ1v) is 15.1. The van der Waals surface area contributed by atoms with E-state index >= 15 is 0 Å². The largest absolute Gasteiger partial charge is 0.311 e. The summed E-state index contributed by atoms with van der Waals surface area (Å²) in [5, 5.41) is 9.81. The van der Waals surface area contributed by atoms with Crippen molar-refractivity contribution in [3.05, 3.63) is 0 Å². The van der Waals surface area contributed by atoms with Gasteiger partial charge in [0.25, 0.3) is 4.34 Å². The lowest BCUT2D eigenvalue weighted by Crippen LogP contribution is -2.04. The molecule has 0 fully saturated rings. The molecule has 33 heavy (non-hydrogen) atoms. The molecule has 0 spiro atoms. The van der Waals surface area contributed by atoms with Crippen molar-refractivity contribution in [2.45, 2.75) is 134 Å². The molecule has 0 aliphatic rings. The molecule has 0 unspecified atom stereocenters. The molecule has 7 nitrogen and oxygen atoms in total. The molecule has 1 N–H and O–H groups in total. The van der Waals surface area contributed by atoms with Gasteiger partial charge in [0.1, 0.15) is 0 Å². The first-order valence-electron chi connectivity index (χ1n) is 12.9. The third-order valence-electron chi connectivity index (χ3n) is 5.56. The molecule has 9 heteroatoms. The standard InChI is InChI=1S/C24H44N4O3S2/c1-3-4-5-6-7-8-9-10-11-12-13-14-15-16-17-18-19-20-21-25-33(30,31)24-28-27-23(32-24)26-22(2)29/h21H,3-20H2,1-2H3,(H,26,27,29)/b25-21+. The second-order valence-corrected chi connectivity index (χ2v) is 11.5. The number of unbranched alkanes of at least 4 members (excludes halogenated alkanes) is 17. The van der Waals surface area contributed by atoms with E-state index < -0.39 is 10.0 Å². The van der Waals surface area contributed by atoms with Crippen molar-refractivity contribution in [2.24, 2.45) is 4.40 Å². The van der Waals surface area contributed by atoms with E-state index in [1.807, 2.05) is 0 Å². The second kappa shape index (κ2) is 19.0. The fourth-order valence-electron chi connectivity index (χ4n) is 3.67. The molecule has 0 aromatic carbocycles. The Morgan fingerprint density at radius 2 is 1.27 bits per heavy atom. The highest BCUT2D eigenvalue weighted by Crippen LogP contribution is 2.21. The minimum Gasteiger partial charge on any atom is -0.301 e. The van der Waals surface area contributed by atoms with Crippen LogP contribution in [0.15, 0.2) is 8.74 Å². The lowest BCUT2D eigenvalue weighted by atomic mass is 10.0. The van der Waals surface area contributed by atoms with Gasteiger partial charge in [-0.1, -0.05) is 121 Å². The smallest absolute Gasteiger partial charge is 0.301 e. The van der Waals surface area contributed by atoms with Crippen LogP contribution in [0.5, 0.6) is 0 Å². The quantitative estimate of drug-likeness (QED) is 0.108. The number of carbonyl (C=O) groups excluding carboxylic acids is 1. The maximum Gasteiger partial charge on any atom is 0.311 e. The van der Waals surface area contributed by atoms with Gasteiger partial charge in [0, 0.05) is 13.1 Å². The number of amides is 1. The van der Waals surface area contributed by atoms with Gasteiger partial charge >= 0.3 is 10.0 Å². The molecule has 1 aromatic rings. The Morgan fingerprint density at radius 3 is 1.73 bits per heavy atom. The van der Waals surface area contributed by atoms with Crippen LogP contribution in [0.1, 0.15) is 129 Å². The zero-order chi connectivity index (χ0) is 24.2. The van der Waals surface area contributed by atoms with Crippen LogP contribution in [0.4, 0.5) is 5.13 Å². The van der Waals surface area contributed by atoms with Crippen LogP contribution in [0, 0.1) is 0 Å². The zero-order valence-electron chi connectivity index (χ0n) is 20.7. The summed E-state index contributed by atoms with van der Waals surface area (Å²) in [6, 6.07) is 0. The minimum absolute atomic E-state index is 0.157. The van der Waals surface area contributed by atoms with Crippen LogP contribution >= 0.6 is 11.3 Å². The Labute approximate surface area is 205 Å². The number of hydrogen-bond acceptors (Lipinski definition) is 6. The minimum atomic E-state index is -3.84. The van der Waals surface area contributed by atoms with Crippen LogP contribution in [-0.4, -0.2) is 30.7 Å². The molecule has 0 saturated heterocycles. The first kappa shape index (κ1) is 29.7. The Kier molecular flexibility index (Phi) is 17.1. The molecule has 0 radical (unpaired) electrons. The number of carbonyl (C=O) groups is 1. The number of sulfonamides is 1. The molecule has 1 heterocycles. The summed E-state index contributed by atoms with van der Waals surface area (Å²) in [4.78, 5) is 11.0. The molecule has 190 valence electrons. The number of anilines is 1. The van der Waals surface area contributed by atoms with Gasteiger partial charge in [-0.15, -0.1) is 10.2 Å². The lowest BCUT2D eigenvalue weighted by molar-refractivity contribution is -0.114. The van der Waals surface area contributed by atoms with Gasteiger partial charge in [-0.05, 0) is 12.8 Å². The monoisotopic (exact) mass is 500 g/mol. The highest BCUT2D eigenvalue weighted by molar-refractivity contribution is 7.92. The maximum atomic E-state index is 12.1. The number of nitrogens with one attached hydrogen (secondary N) is 1. The Morgan fingerprint density at radius 1 is 0.818 bits per heavy atom. The van der Waals surface area contributed by atoms with Crippen molar-refractivity contribution in [2.75, 3.05) is 5.32 Å². The van der Waals surface area contributed by atoms with Crippen molar-refractivity contribution in [1.29, 1.82) is 0 Å². The summed E-state index contributed by atoms with van der Waals surface area (Å²) in [5.41, 5.74) is 0. The topological polar surface area (TPSA) is 101 Å². The fourth-order valence-corrected chi connectivity index (χ4v) is 5.52. The van der Waals surface area contributed by atoms with Crippen molar-refractivity contribution >= 4 is 38.6 Å². The average Bonchev–Trinajstić information content (AvgIpc) is 3.24. The van der Waals surface area contributed by atoms with Crippen LogP contribution in [0.3, 0.4) is 0 Å². The van der Waals surface area contributed by atoms with Gasteiger partial charge in [-0.3, -0.25) is 4.79 Å². The molecule has 1 aromatic heterocycles. The summed E-state index contributed by atoms with van der Waals surface area (Å²) in [6.45, 7) is 3.60. The van der Waals surface area contributed by atoms with Crippen LogP contribution < -0.4 is 5.32 Å². The van der Waals surface area contributed by atoms with E-state index in [1.54, 1.807) is 0 Å². The number of aromatic nitrogens is 2. The van der Waals surface area contributed by atoms with Gasteiger partial charge in [0.05, 0.1) is 0 Å². The number of rotatable bonds is 21. The van der Waals surface area contributed by atoms with Crippen molar-refractivity contribution in [3.8, 4) is 0 Å². The van der Waals surface area contributed by atoms with E-state index in [4.69, 9.17) is 0 Å². The maximum absolute atomic E-state index is 12.1. The van der Waals surface area contributed by atoms with Gasteiger partial charge in [0.2, 0.25) is 11.0 Å². The van der Waals surface area contributed by atoms with E-state index in [0.29, 0.717) is 6.42 Å². The van der Waals surface area contributed by atoms with Crippen molar-refractivity contribution in [1.82, 2.24) is 10.2 Å². The Bertz CT molecular complexity index is 764. The van der Waals surface area contributed by atoms with Crippen molar-refractivity contribution in [3.63, 3.8) is 0 Å². The average molecular weight is 501 g/mol. The fraction of sp³-hybridized carbons (Fsp3) is 0.833. The molecule has 0 saturated carbocycles. The third-order valence-corrected chi connectivity index (χ3v) is 8.02. The van der Waals surface area contributed by atoms with E-state index in [0.717, 1.165) is 24.2 Å². The molecule has 0 bridgehead atoms. The van der Waals surface area contributed by atoms with Crippen LogP contribution in [-0.2, 0) is 14.8 Å². The van der Waals surface area contributed by atoms with Crippen LogP contribution in [0.2, 0.25) is 0 Å². The summed E-state index contributed by atoms with van der Waals surface area (Å²) in [7, 11) is -3.84. The highest BCUT2D eigenvalue weighted by atomic mass is 32.2. The van der Waals surface area contributed by atoms with E-state index in [2.05, 4.69) is 26.8 Å². The SMILES string of the molecule is CCCCCCCCCCCCCCCCCCC/C=N/S(=O)(=O)c1nnc(NC(C)=O)s1. The van der Waals surface area contributed by atoms with Crippen LogP contribution in [0.25, 0.3) is 0 Å². The normalized spacial score (nSPS) is 11.9. The molecular formula is C24H44N4O3S2. The predicted octanol–water partition coefficient (Wildman–Crippen LogP) is 7.30. The summed E-state index contributed by atoms with van der Waals surface area (Å²) in [6.07, 6.45) is 24.5. The molecule has 1 amide bonds. The van der Waals surface area contributed by atoms with Gasteiger partial charge in [-0.2, -0.15) is 12.8 Å². The summed E-state index contributed by atoms with van der Waals surface area (Å²) in [5.74, 6) is -0.322. The molecule has 1 rings (SSSR count). The van der Waals surface area contributed by atoms with E-state index in [-0.39, 0.29) is 15.4 Å². The predicted molar refractivity (Wildman–Crippen MR) is 139 cm³/mol. The van der Waals surface area contributed by atoms with E-state index in [9.17, 15) is 13.2 Å². The summed E-state index contributed by atoms with van der Waals surface area (Å²) >= 11 is 0.803. The molecule has 0 aliphatic heterocycles. The Hall–Kier alpha value is -1.35. The molecule has 0 aliphatic carbocycles. The molecular weight excluding hydrogens is 456 g/mol. The number of hydrogen-bond donors (Lipinski definition) is 1. The lowest BCUT2D eigenvalue weighted by Gasteiger charge is -2.03. The Balaban J connectivity index is 1.93. The summed E-state index contributed by atoms with van der Waals surface area (Å²) < 4.78 is 27.7. The number of nitrogens with zero attached hydrogens (tertiary/aromatic N) is 3. The first-order chi connectivity index (χ1) is 16.0. The van der Waals surface area contributed by atoms with Gasteiger partial charge in [-0.25, -0.2) is 0 Å². The van der Waals surface area contributed by atoms with Gasteiger partial charge < -0.3 is 5.32 Å². The zero-order valence-corrected chi connectivity index (χ0v) is 22.3. The second-order valence-electron chi connectivity index (χ2n) is 8.76. The van der Waals surface area contributed by atoms with Gasteiger partial charge in [0.15, 0.2) is 0 Å². The third kappa shape index (κ3) is 16.0.